The third kappa shape index (κ3) is 3.20. The fraction of sp³-hybridized carbons (Fsp3) is 0.222. The van der Waals surface area contributed by atoms with Crippen LogP contribution in [0.3, 0.4) is 0 Å². The molecule has 1 aromatic heterocycles. The Hall–Kier alpha value is -0.590. The molecule has 0 aliphatic carbocycles. The Morgan fingerprint density at radius 1 is 1.24 bits per heavy atom. The van der Waals surface area contributed by atoms with Crippen molar-refractivity contribution in [3.05, 3.63) is 22.2 Å². The zero-order valence-corrected chi connectivity index (χ0v) is 10.4. The Morgan fingerprint density at radius 3 is 2.53 bits per heavy atom. The molecule has 1 N–H and O–H groups in total. The van der Waals surface area contributed by atoms with E-state index in [4.69, 9.17) is 23.2 Å². The van der Waals surface area contributed by atoms with Gasteiger partial charge in [0, 0.05) is 0 Å². The molecule has 0 aliphatic heterocycles. The lowest BCUT2D eigenvalue weighted by Crippen LogP contribution is -2.10. The number of thioether (sulfide) groups is 1. The minimum Gasteiger partial charge on any atom is -0.333 e. The van der Waals surface area contributed by atoms with Crippen LogP contribution in [0.5, 0.6) is 0 Å². The number of alkyl halides is 3. The van der Waals surface area contributed by atoms with E-state index in [1.807, 2.05) is 0 Å². The van der Waals surface area contributed by atoms with E-state index >= 15 is 0 Å². The van der Waals surface area contributed by atoms with Crippen LogP contribution in [-0.2, 0) is 0 Å². The highest BCUT2D eigenvalue weighted by atomic mass is 35.5. The minimum absolute atomic E-state index is 0.190. The summed E-state index contributed by atoms with van der Waals surface area (Å²) in [5, 5.41) is 0.837. The average Bonchev–Trinajstić information content (AvgIpc) is 2.57. The van der Waals surface area contributed by atoms with Gasteiger partial charge in [-0.3, -0.25) is 0 Å². The van der Waals surface area contributed by atoms with Gasteiger partial charge in [-0.25, -0.2) is 4.98 Å². The van der Waals surface area contributed by atoms with Crippen molar-refractivity contribution in [2.45, 2.75) is 11.3 Å². The maximum absolute atomic E-state index is 12.0. The third-order valence-corrected chi connectivity index (χ3v) is 3.54. The smallest absolute Gasteiger partial charge is 0.333 e. The van der Waals surface area contributed by atoms with Gasteiger partial charge in [0.05, 0.1) is 26.8 Å². The number of hydrogen-bond acceptors (Lipinski definition) is 2. The first-order chi connectivity index (χ1) is 7.85. The maximum atomic E-state index is 12.0. The highest BCUT2D eigenvalue weighted by molar-refractivity contribution is 7.99. The van der Waals surface area contributed by atoms with E-state index in [9.17, 15) is 13.2 Å². The van der Waals surface area contributed by atoms with Crippen LogP contribution in [0.4, 0.5) is 13.2 Å². The monoisotopic (exact) mass is 300 g/mol. The molecule has 0 spiro atoms. The highest BCUT2D eigenvalue weighted by Gasteiger charge is 2.27. The number of hydrogen-bond donors (Lipinski definition) is 1. The Labute approximate surface area is 108 Å². The summed E-state index contributed by atoms with van der Waals surface area (Å²) in [7, 11) is 0. The molecule has 2 nitrogen and oxygen atoms in total. The van der Waals surface area contributed by atoms with E-state index in [0.717, 1.165) is 0 Å². The third-order valence-electron chi connectivity index (χ3n) is 1.87. The molecule has 0 fully saturated rings. The fourth-order valence-electron chi connectivity index (χ4n) is 1.20. The first-order valence-corrected chi connectivity index (χ1v) is 6.13. The van der Waals surface area contributed by atoms with Gasteiger partial charge in [0.25, 0.3) is 0 Å². The first kappa shape index (κ1) is 12.9. The van der Waals surface area contributed by atoms with E-state index in [-0.39, 0.29) is 5.16 Å². The summed E-state index contributed by atoms with van der Waals surface area (Å²) in [5.41, 5.74) is 1.05. The molecule has 17 heavy (non-hydrogen) atoms. The second-order valence-electron chi connectivity index (χ2n) is 3.23. The van der Waals surface area contributed by atoms with Crippen molar-refractivity contribution in [1.82, 2.24) is 9.97 Å². The number of halogens is 5. The summed E-state index contributed by atoms with van der Waals surface area (Å²) < 4.78 is 36.1. The van der Waals surface area contributed by atoms with Crippen molar-refractivity contribution in [1.29, 1.82) is 0 Å². The lowest BCUT2D eigenvalue weighted by atomic mass is 10.3. The van der Waals surface area contributed by atoms with Crippen LogP contribution in [0.2, 0.25) is 10.0 Å². The average molecular weight is 301 g/mol. The van der Waals surface area contributed by atoms with Crippen molar-refractivity contribution in [3.8, 4) is 0 Å². The van der Waals surface area contributed by atoms with E-state index in [1.54, 1.807) is 0 Å². The molecule has 0 aliphatic rings. The first-order valence-electron chi connectivity index (χ1n) is 4.39. The molecular weight excluding hydrogens is 296 g/mol. The van der Waals surface area contributed by atoms with E-state index < -0.39 is 11.9 Å². The summed E-state index contributed by atoms with van der Waals surface area (Å²) >= 11 is 12.1. The molecule has 0 atom stereocenters. The summed E-state index contributed by atoms with van der Waals surface area (Å²) in [5.74, 6) is -0.992. The number of aromatic nitrogens is 2. The molecule has 2 rings (SSSR count). The van der Waals surface area contributed by atoms with Crippen molar-refractivity contribution in [2.24, 2.45) is 0 Å². The Bertz CT molecular complexity index is 514. The molecule has 0 unspecified atom stereocenters. The summed E-state index contributed by atoms with van der Waals surface area (Å²) in [6, 6.07) is 3.04. The number of nitrogens with zero attached hydrogens (tertiary/aromatic N) is 1. The Kier molecular flexibility index (Phi) is 3.47. The molecule has 92 valence electrons. The predicted molar refractivity (Wildman–Crippen MR) is 62.9 cm³/mol. The quantitative estimate of drug-likeness (QED) is 0.826. The molecule has 1 heterocycles. The van der Waals surface area contributed by atoms with Gasteiger partial charge in [0.2, 0.25) is 0 Å². The largest absolute Gasteiger partial charge is 0.398 e. The van der Waals surface area contributed by atoms with Crippen LogP contribution < -0.4 is 0 Å². The number of H-pyrrole nitrogens is 1. The number of rotatable bonds is 2. The summed E-state index contributed by atoms with van der Waals surface area (Å²) in [4.78, 5) is 6.73. The Balaban J connectivity index is 2.26. The molecule has 8 heteroatoms. The zero-order chi connectivity index (χ0) is 12.6. The van der Waals surface area contributed by atoms with Crippen molar-refractivity contribution in [3.63, 3.8) is 0 Å². The van der Waals surface area contributed by atoms with Crippen LogP contribution in [-0.4, -0.2) is 21.9 Å². The van der Waals surface area contributed by atoms with Gasteiger partial charge < -0.3 is 4.98 Å². The van der Waals surface area contributed by atoms with Crippen LogP contribution in [0, 0.1) is 0 Å². The van der Waals surface area contributed by atoms with Crippen LogP contribution in [0.1, 0.15) is 0 Å². The maximum Gasteiger partial charge on any atom is 0.398 e. The second-order valence-corrected chi connectivity index (χ2v) is 5.01. The van der Waals surface area contributed by atoms with Crippen molar-refractivity contribution in [2.75, 3.05) is 5.75 Å². The summed E-state index contributed by atoms with van der Waals surface area (Å²) in [6.45, 7) is 0. The SMILES string of the molecule is FC(F)(F)CSc1nc2cc(Cl)c(Cl)cc2[nH]1. The highest BCUT2D eigenvalue weighted by Crippen LogP contribution is 2.30. The normalized spacial score (nSPS) is 12.3. The van der Waals surface area contributed by atoms with Crippen LogP contribution in [0.25, 0.3) is 11.0 Å². The van der Waals surface area contributed by atoms with Gasteiger partial charge in [0.15, 0.2) is 5.16 Å². The van der Waals surface area contributed by atoms with Gasteiger partial charge in [-0.15, -0.1) is 0 Å². The topological polar surface area (TPSA) is 28.7 Å². The van der Waals surface area contributed by atoms with E-state index in [1.165, 1.54) is 12.1 Å². The van der Waals surface area contributed by atoms with Gasteiger partial charge >= 0.3 is 6.18 Å². The molecule has 1 aromatic carbocycles. The molecule has 2 aromatic rings. The number of fused-ring (bicyclic) bond motifs is 1. The van der Waals surface area contributed by atoms with E-state index in [2.05, 4.69) is 9.97 Å². The molecular formula is C9H5Cl2F3N2S. The molecule has 0 amide bonds. The number of imidazole rings is 1. The lowest BCUT2D eigenvalue weighted by Gasteiger charge is -2.02. The summed E-state index contributed by atoms with van der Waals surface area (Å²) in [6.07, 6.45) is -4.22. The van der Waals surface area contributed by atoms with Gasteiger partial charge in [-0.1, -0.05) is 35.0 Å². The predicted octanol–water partition coefficient (Wildman–Crippen LogP) is 4.52. The van der Waals surface area contributed by atoms with Gasteiger partial charge in [-0.2, -0.15) is 13.2 Å². The molecule has 0 radical (unpaired) electrons. The molecule has 0 bridgehead atoms. The van der Waals surface area contributed by atoms with Gasteiger partial charge in [0.1, 0.15) is 0 Å². The standard InChI is InChI=1S/C9H5Cl2F3N2S/c10-4-1-6-7(2-5(4)11)16-8(15-6)17-3-9(12,13)14/h1-2H,3H2,(H,15,16). The number of benzene rings is 1. The number of aromatic amines is 1. The van der Waals surface area contributed by atoms with E-state index in [0.29, 0.717) is 32.8 Å². The van der Waals surface area contributed by atoms with Crippen molar-refractivity contribution < 1.29 is 13.2 Å². The van der Waals surface area contributed by atoms with Crippen LogP contribution >= 0.6 is 35.0 Å². The Morgan fingerprint density at radius 2 is 1.88 bits per heavy atom. The zero-order valence-electron chi connectivity index (χ0n) is 8.11. The fourth-order valence-corrected chi connectivity index (χ4v) is 2.17. The second kappa shape index (κ2) is 4.59. The number of nitrogens with one attached hydrogen (secondary N) is 1. The van der Waals surface area contributed by atoms with Gasteiger partial charge in [-0.05, 0) is 12.1 Å². The van der Waals surface area contributed by atoms with Crippen molar-refractivity contribution >= 4 is 46.0 Å². The lowest BCUT2D eigenvalue weighted by molar-refractivity contribution is -0.105. The minimum atomic E-state index is -4.22. The van der Waals surface area contributed by atoms with Crippen LogP contribution in [0.15, 0.2) is 17.3 Å². The molecule has 0 saturated heterocycles. The molecule has 0 saturated carbocycles.